The average Bonchev–Trinajstić information content (AvgIpc) is 2.78. The quantitative estimate of drug-likeness (QED) is 0.727. The van der Waals surface area contributed by atoms with Gasteiger partial charge in [-0.2, -0.15) is 4.31 Å². The van der Waals surface area contributed by atoms with Gasteiger partial charge in [0.15, 0.2) is 0 Å². The molecule has 2 aromatic rings. The van der Waals surface area contributed by atoms with Gasteiger partial charge in [-0.15, -0.1) is 0 Å². The summed E-state index contributed by atoms with van der Waals surface area (Å²) in [5.41, 5.74) is 2.04. The van der Waals surface area contributed by atoms with E-state index < -0.39 is 10.0 Å². The molecule has 1 heterocycles. The molecule has 162 valence electrons. The predicted octanol–water partition coefficient (Wildman–Crippen LogP) is 3.67. The van der Waals surface area contributed by atoms with E-state index in [0.29, 0.717) is 19.4 Å². The van der Waals surface area contributed by atoms with Crippen molar-refractivity contribution in [2.75, 3.05) is 20.2 Å². The Morgan fingerprint density at radius 3 is 2.60 bits per heavy atom. The second-order valence-corrected chi connectivity index (χ2v) is 9.65. The van der Waals surface area contributed by atoms with E-state index in [4.69, 9.17) is 4.74 Å². The maximum Gasteiger partial charge on any atom is 0.243 e. The van der Waals surface area contributed by atoms with Gasteiger partial charge < -0.3 is 10.1 Å². The average molecular weight is 431 g/mol. The van der Waals surface area contributed by atoms with E-state index in [0.717, 1.165) is 23.3 Å². The van der Waals surface area contributed by atoms with Gasteiger partial charge in [0.2, 0.25) is 15.9 Å². The highest BCUT2D eigenvalue weighted by Gasteiger charge is 2.33. The van der Waals surface area contributed by atoms with Crippen LogP contribution in [0.1, 0.15) is 43.4 Å². The molecule has 0 aromatic heterocycles. The van der Waals surface area contributed by atoms with Gasteiger partial charge in [0.05, 0.1) is 24.0 Å². The second kappa shape index (κ2) is 9.62. The lowest BCUT2D eigenvalue weighted by atomic mass is 9.96. The molecule has 2 aromatic carbocycles. The monoisotopic (exact) mass is 430 g/mol. The summed E-state index contributed by atoms with van der Waals surface area (Å²) < 4.78 is 32.6. The van der Waals surface area contributed by atoms with Crippen molar-refractivity contribution in [3.05, 3.63) is 59.7 Å². The van der Waals surface area contributed by atoms with Gasteiger partial charge in [-0.3, -0.25) is 4.79 Å². The highest BCUT2D eigenvalue weighted by atomic mass is 32.2. The summed E-state index contributed by atoms with van der Waals surface area (Å²) in [6.45, 7) is 4.65. The Kier molecular flexibility index (Phi) is 7.15. The lowest BCUT2D eigenvalue weighted by Gasteiger charge is -2.32. The fraction of sp³-hybridized carbons (Fsp3) is 0.435. The van der Waals surface area contributed by atoms with Crippen LogP contribution in [0.4, 0.5) is 0 Å². The minimum absolute atomic E-state index is 0.0942. The van der Waals surface area contributed by atoms with E-state index in [2.05, 4.69) is 5.32 Å². The molecule has 1 N–H and O–H groups in total. The Morgan fingerprint density at radius 1 is 1.23 bits per heavy atom. The molecule has 2 atom stereocenters. The normalized spacial score (nSPS) is 18.6. The Labute approximate surface area is 179 Å². The van der Waals surface area contributed by atoms with Crippen LogP contribution in [0.5, 0.6) is 5.75 Å². The molecule has 6 nitrogen and oxygen atoms in total. The lowest BCUT2D eigenvalue weighted by Crippen LogP contribution is -2.46. The molecule has 0 aliphatic carbocycles. The third-order valence-corrected chi connectivity index (χ3v) is 7.56. The summed E-state index contributed by atoms with van der Waals surface area (Å²) in [5.74, 6) is 0.364. The number of rotatable bonds is 7. The van der Waals surface area contributed by atoms with Crippen LogP contribution in [0.25, 0.3) is 0 Å². The largest absolute Gasteiger partial charge is 0.496 e. The molecule has 0 bridgehead atoms. The second-order valence-electron chi connectivity index (χ2n) is 7.71. The van der Waals surface area contributed by atoms with Crippen molar-refractivity contribution in [2.45, 2.75) is 44.0 Å². The van der Waals surface area contributed by atoms with Crippen molar-refractivity contribution < 1.29 is 17.9 Å². The minimum atomic E-state index is -3.59. The number of sulfonamides is 1. The number of hydrogen-bond acceptors (Lipinski definition) is 4. The number of nitrogens with one attached hydrogen (secondary N) is 1. The summed E-state index contributed by atoms with van der Waals surface area (Å²) in [6, 6.07) is 14.2. The Morgan fingerprint density at radius 2 is 1.97 bits per heavy atom. The molecule has 0 saturated carbocycles. The number of methoxy groups -OCH3 is 1. The summed E-state index contributed by atoms with van der Waals surface area (Å²) in [7, 11) is -1.95. The zero-order valence-corrected chi connectivity index (χ0v) is 18.6. The molecule has 1 aliphatic rings. The maximum absolute atomic E-state index is 13.0. The molecule has 30 heavy (non-hydrogen) atoms. The lowest BCUT2D eigenvalue weighted by molar-refractivity contribution is -0.126. The first-order valence-corrected chi connectivity index (χ1v) is 11.8. The number of piperidine rings is 1. The van der Waals surface area contributed by atoms with E-state index in [9.17, 15) is 13.2 Å². The third kappa shape index (κ3) is 4.84. The van der Waals surface area contributed by atoms with Crippen LogP contribution in [0.3, 0.4) is 0 Å². The van der Waals surface area contributed by atoms with Crippen LogP contribution in [-0.2, 0) is 14.8 Å². The van der Waals surface area contributed by atoms with Gasteiger partial charge in [-0.1, -0.05) is 37.3 Å². The first kappa shape index (κ1) is 22.3. The van der Waals surface area contributed by atoms with Crippen LogP contribution in [0.2, 0.25) is 0 Å². The zero-order valence-electron chi connectivity index (χ0n) is 17.8. The van der Waals surface area contributed by atoms with Crippen LogP contribution < -0.4 is 10.1 Å². The SMILES string of the molecule is CC[C@@H](NC(=O)[C@@H]1CCCN(S(=O)(=O)c2ccccc2)C1)c1ccc(OC)c(C)c1. The molecular weight excluding hydrogens is 400 g/mol. The number of amides is 1. The van der Waals surface area contributed by atoms with Crippen LogP contribution in [0, 0.1) is 12.8 Å². The highest BCUT2D eigenvalue weighted by molar-refractivity contribution is 7.89. The minimum Gasteiger partial charge on any atom is -0.496 e. The molecule has 1 saturated heterocycles. The maximum atomic E-state index is 13.0. The fourth-order valence-electron chi connectivity index (χ4n) is 3.95. The van der Waals surface area contributed by atoms with Gasteiger partial charge in [-0.25, -0.2) is 8.42 Å². The summed E-state index contributed by atoms with van der Waals surface area (Å²) in [6.07, 6.45) is 2.10. The first-order chi connectivity index (χ1) is 14.4. The fourth-order valence-corrected chi connectivity index (χ4v) is 5.49. The topological polar surface area (TPSA) is 75.7 Å². The standard InChI is InChI=1S/C23H30N2O4S/c1-4-21(18-12-13-22(29-3)17(2)15-18)24-23(26)19-9-8-14-25(16-19)30(27,28)20-10-6-5-7-11-20/h5-7,10-13,15,19,21H,4,8-9,14,16H2,1-3H3,(H,24,26)/t19-,21-/m1/s1. The molecule has 1 amide bonds. The van der Waals surface area contributed by atoms with Gasteiger partial charge in [0, 0.05) is 13.1 Å². The van der Waals surface area contributed by atoms with Crippen LogP contribution in [-0.4, -0.2) is 38.8 Å². The zero-order chi connectivity index (χ0) is 21.7. The molecule has 1 fully saturated rings. The molecule has 0 spiro atoms. The molecule has 7 heteroatoms. The van der Waals surface area contributed by atoms with Crippen molar-refractivity contribution in [1.29, 1.82) is 0 Å². The number of hydrogen-bond donors (Lipinski definition) is 1. The highest BCUT2D eigenvalue weighted by Crippen LogP contribution is 2.27. The smallest absolute Gasteiger partial charge is 0.243 e. The number of aryl methyl sites for hydroxylation is 1. The van der Waals surface area contributed by atoms with E-state index >= 15 is 0 Å². The summed E-state index contributed by atoms with van der Waals surface area (Å²) >= 11 is 0. The van der Waals surface area contributed by atoms with Crippen LogP contribution in [0.15, 0.2) is 53.4 Å². The van der Waals surface area contributed by atoms with Crippen molar-refractivity contribution >= 4 is 15.9 Å². The Bertz CT molecular complexity index is 976. The molecule has 1 aliphatic heterocycles. The van der Waals surface area contributed by atoms with Crippen molar-refractivity contribution in [2.24, 2.45) is 5.92 Å². The molecular formula is C23H30N2O4S. The van der Waals surface area contributed by atoms with E-state index in [1.54, 1.807) is 37.4 Å². The Hall–Kier alpha value is -2.38. The first-order valence-electron chi connectivity index (χ1n) is 10.4. The van der Waals surface area contributed by atoms with Gasteiger partial charge in [-0.05, 0) is 55.5 Å². The molecule has 0 radical (unpaired) electrons. The number of nitrogens with zero attached hydrogens (tertiary/aromatic N) is 1. The number of benzene rings is 2. The van der Waals surface area contributed by atoms with E-state index in [1.807, 2.05) is 32.0 Å². The van der Waals surface area contributed by atoms with Crippen molar-refractivity contribution in [3.8, 4) is 5.75 Å². The summed E-state index contributed by atoms with van der Waals surface area (Å²) in [5, 5.41) is 3.13. The van der Waals surface area contributed by atoms with Crippen molar-refractivity contribution in [1.82, 2.24) is 9.62 Å². The van der Waals surface area contributed by atoms with Gasteiger partial charge in [0.25, 0.3) is 0 Å². The number of ether oxygens (including phenoxy) is 1. The van der Waals surface area contributed by atoms with Gasteiger partial charge >= 0.3 is 0 Å². The van der Waals surface area contributed by atoms with Gasteiger partial charge in [0.1, 0.15) is 5.75 Å². The summed E-state index contributed by atoms with van der Waals surface area (Å²) in [4.78, 5) is 13.3. The molecule has 0 unspecified atom stereocenters. The van der Waals surface area contributed by atoms with E-state index in [1.165, 1.54) is 4.31 Å². The Balaban J connectivity index is 1.71. The van der Waals surface area contributed by atoms with E-state index in [-0.39, 0.29) is 29.3 Å². The number of carbonyl (C=O) groups is 1. The number of carbonyl (C=O) groups excluding carboxylic acids is 1. The third-order valence-electron chi connectivity index (χ3n) is 5.68. The van der Waals surface area contributed by atoms with Crippen molar-refractivity contribution in [3.63, 3.8) is 0 Å². The predicted molar refractivity (Wildman–Crippen MR) is 117 cm³/mol. The molecule has 3 rings (SSSR count). The van der Waals surface area contributed by atoms with Crippen LogP contribution >= 0.6 is 0 Å².